The molecule has 6 nitrogen and oxygen atoms in total. The van der Waals surface area contributed by atoms with Crippen molar-refractivity contribution in [2.24, 2.45) is 5.92 Å². The van der Waals surface area contributed by atoms with Gasteiger partial charge in [0.05, 0.1) is 19.2 Å². The minimum atomic E-state index is 0.455. The van der Waals surface area contributed by atoms with E-state index in [0.717, 1.165) is 21.3 Å². The molecule has 0 aliphatic rings. The van der Waals surface area contributed by atoms with Crippen molar-refractivity contribution in [2.45, 2.75) is 13.8 Å². The Morgan fingerprint density at radius 1 is 1.07 bits per heavy atom. The van der Waals surface area contributed by atoms with Gasteiger partial charge in [0, 0.05) is 35.0 Å². The fraction of sp³-hybridized carbons (Fsp3) is 0.238. The highest BCUT2D eigenvalue weighted by atomic mass is 32.1. The van der Waals surface area contributed by atoms with Gasteiger partial charge in [-0.1, -0.05) is 19.9 Å². The van der Waals surface area contributed by atoms with Crippen LogP contribution in [-0.2, 0) is 0 Å². The number of pyridine rings is 2. The van der Waals surface area contributed by atoms with Gasteiger partial charge in [-0.05, 0) is 24.1 Å². The molecule has 0 aliphatic heterocycles. The minimum absolute atomic E-state index is 0.455. The number of nitrogens with zero attached hydrogens (tertiary/aromatic N) is 4. The molecule has 0 aromatic carbocycles. The number of ether oxygens (including phenoxy) is 2. The molecule has 0 saturated carbocycles. The number of rotatable bonds is 6. The molecule has 4 heterocycles. The van der Waals surface area contributed by atoms with Crippen LogP contribution in [0.1, 0.15) is 13.8 Å². The molecule has 0 unspecified atom stereocenters. The fourth-order valence-electron chi connectivity index (χ4n) is 2.72. The maximum atomic E-state index is 5.68. The predicted octanol–water partition coefficient (Wildman–Crippen LogP) is 4.86. The molecule has 0 bridgehead atoms. The van der Waals surface area contributed by atoms with Crippen molar-refractivity contribution in [1.29, 1.82) is 0 Å². The van der Waals surface area contributed by atoms with E-state index in [2.05, 4.69) is 34.2 Å². The van der Waals surface area contributed by atoms with Gasteiger partial charge in [0.25, 0.3) is 0 Å². The first kappa shape index (κ1) is 18.3. The van der Waals surface area contributed by atoms with E-state index in [-0.39, 0.29) is 0 Å². The Kier molecular flexibility index (Phi) is 5.16. The number of aromatic nitrogens is 4. The normalized spacial score (nSPS) is 11.1. The lowest BCUT2D eigenvalue weighted by Crippen LogP contribution is -2.05. The van der Waals surface area contributed by atoms with Crippen molar-refractivity contribution in [3.63, 3.8) is 0 Å². The molecular formula is C21H20N4O2S. The van der Waals surface area contributed by atoms with E-state index in [0.29, 0.717) is 35.8 Å². The zero-order valence-electron chi connectivity index (χ0n) is 15.9. The van der Waals surface area contributed by atoms with E-state index in [1.165, 1.54) is 0 Å². The molecular weight excluding hydrogens is 372 g/mol. The second kappa shape index (κ2) is 7.90. The fourth-order valence-corrected chi connectivity index (χ4v) is 3.70. The van der Waals surface area contributed by atoms with E-state index in [1.807, 2.05) is 36.5 Å². The molecule has 0 aliphatic carbocycles. The summed E-state index contributed by atoms with van der Waals surface area (Å²) in [7, 11) is 1.62. The van der Waals surface area contributed by atoms with Gasteiger partial charge in [-0.15, -0.1) is 11.3 Å². The minimum Gasteiger partial charge on any atom is -0.480 e. The summed E-state index contributed by atoms with van der Waals surface area (Å²) in [6.07, 6.45) is 3.54. The zero-order chi connectivity index (χ0) is 19.5. The van der Waals surface area contributed by atoms with Crippen molar-refractivity contribution >= 4 is 21.6 Å². The second-order valence-electron chi connectivity index (χ2n) is 6.69. The van der Waals surface area contributed by atoms with Crippen LogP contribution in [0, 0.1) is 5.92 Å². The summed E-state index contributed by atoms with van der Waals surface area (Å²) in [5.41, 5.74) is 3.49. The summed E-state index contributed by atoms with van der Waals surface area (Å²) in [5, 5.41) is 2.05. The SMILES string of the molecule is COc1nc(-c2ccccn2)nc2c(-c3ccc(OCC(C)C)nc3)csc12. The third-order valence-corrected chi connectivity index (χ3v) is 5.04. The highest BCUT2D eigenvalue weighted by molar-refractivity contribution is 7.18. The molecule has 28 heavy (non-hydrogen) atoms. The quantitative estimate of drug-likeness (QED) is 0.467. The first-order chi connectivity index (χ1) is 13.7. The molecule has 0 amide bonds. The Morgan fingerprint density at radius 2 is 1.96 bits per heavy atom. The van der Waals surface area contributed by atoms with Crippen molar-refractivity contribution < 1.29 is 9.47 Å². The largest absolute Gasteiger partial charge is 0.480 e. The molecule has 0 atom stereocenters. The number of fused-ring (bicyclic) bond motifs is 1. The number of hydrogen-bond acceptors (Lipinski definition) is 7. The molecule has 4 aromatic heterocycles. The summed E-state index contributed by atoms with van der Waals surface area (Å²) >= 11 is 1.55. The van der Waals surface area contributed by atoms with Gasteiger partial charge in [0.2, 0.25) is 11.8 Å². The van der Waals surface area contributed by atoms with Crippen LogP contribution in [0.5, 0.6) is 11.8 Å². The van der Waals surface area contributed by atoms with E-state index in [9.17, 15) is 0 Å². The molecule has 0 fully saturated rings. The maximum Gasteiger partial charge on any atom is 0.235 e. The van der Waals surface area contributed by atoms with Gasteiger partial charge in [0.15, 0.2) is 5.82 Å². The topological polar surface area (TPSA) is 70.0 Å². The predicted molar refractivity (Wildman–Crippen MR) is 111 cm³/mol. The zero-order valence-corrected chi connectivity index (χ0v) is 16.7. The third kappa shape index (κ3) is 3.66. The van der Waals surface area contributed by atoms with Crippen molar-refractivity contribution in [3.05, 3.63) is 48.1 Å². The Balaban J connectivity index is 1.75. The lowest BCUT2D eigenvalue weighted by Gasteiger charge is -2.08. The van der Waals surface area contributed by atoms with Gasteiger partial charge in [-0.2, -0.15) is 4.98 Å². The average Bonchev–Trinajstić information content (AvgIpc) is 3.16. The molecule has 4 aromatic rings. The summed E-state index contributed by atoms with van der Waals surface area (Å²) in [5.74, 6) is 2.16. The molecule has 0 spiro atoms. The van der Waals surface area contributed by atoms with Crippen molar-refractivity contribution in [2.75, 3.05) is 13.7 Å². The van der Waals surface area contributed by atoms with Crippen LogP contribution >= 0.6 is 11.3 Å². The monoisotopic (exact) mass is 392 g/mol. The average molecular weight is 392 g/mol. The number of methoxy groups -OCH3 is 1. The van der Waals surface area contributed by atoms with Gasteiger partial charge in [-0.3, -0.25) is 4.98 Å². The van der Waals surface area contributed by atoms with E-state index >= 15 is 0 Å². The smallest absolute Gasteiger partial charge is 0.235 e. The number of thiophene rings is 1. The molecule has 4 rings (SSSR count). The highest BCUT2D eigenvalue weighted by Gasteiger charge is 2.17. The van der Waals surface area contributed by atoms with E-state index < -0.39 is 0 Å². The van der Waals surface area contributed by atoms with Crippen LogP contribution < -0.4 is 9.47 Å². The van der Waals surface area contributed by atoms with E-state index in [4.69, 9.17) is 14.5 Å². The van der Waals surface area contributed by atoms with Crippen LogP contribution in [-0.4, -0.2) is 33.7 Å². The van der Waals surface area contributed by atoms with Crippen LogP contribution in [0.25, 0.3) is 32.9 Å². The lowest BCUT2D eigenvalue weighted by atomic mass is 10.1. The first-order valence-electron chi connectivity index (χ1n) is 8.99. The van der Waals surface area contributed by atoms with Crippen molar-refractivity contribution in [3.8, 4) is 34.4 Å². The molecule has 142 valence electrons. The molecule has 7 heteroatoms. The maximum absolute atomic E-state index is 5.68. The van der Waals surface area contributed by atoms with Gasteiger partial charge >= 0.3 is 0 Å². The second-order valence-corrected chi connectivity index (χ2v) is 7.57. The molecule has 0 radical (unpaired) electrons. The Bertz CT molecular complexity index is 1080. The van der Waals surface area contributed by atoms with Crippen LogP contribution in [0.2, 0.25) is 0 Å². The number of hydrogen-bond donors (Lipinski definition) is 0. The summed E-state index contributed by atoms with van der Waals surface area (Å²) < 4.78 is 12.1. The summed E-state index contributed by atoms with van der Waals surface area (Å²) in [6, 6.07) is 9.55. The van der Waals surface area contributed by atoms with E-state index in [1.54, 1.807) is 24.6 Å². The standard InChI is InChI=1S/C21H20N4O2S/c1-13(2)11-27-17-8-7-14(10-23-17)15-12-28-19-18(15)24-20(25-21(19)26-3)16-6-4-5-9-22-16/h4-10,12-13H,11H2,1-3H3. The Hall–Kier alpha value is -3.06. The molecule has 0 N–H and O–H groups in total. The highest BCUT2D eigenvalue weighted by Crippen LogP contribution is 2.38. The third-order valence-electron chi connectivity index (χ3n) is 4.08. The van der Waals surface area contributed by atoms with Crippen LogP contribution in [0.3, 0.4) is 0 Å². The van der Waals surface area contributed by atoms with Gasteiger partial charge in [-0.25, -0.2) is 9.97 Å². The van der Waals surface area contributed by atoms with Crippen LogP contribution in [0.4, 0.5) is 0 Å². The van der Waals surface area contributed by atoms with Gasteiger partial charge in [0.1, 0.15) is 10.4 Å². The van der Waals surface area contributed by atoms with Crippen molar-refractivity contribution in [1.82, 2.24) is 19.9 Å². The van der Waals surface area contributed by atoms with Gasteiger partial charge < -0.3 is 9.47 Å². The first-order valence-corrected chi connectivity index (χ1v) is 9.87. The summed E-state index contributed by atoms with van der Waals surface area (Å²) in [4.78, 5) is 18.1. The summed E-state index contributed by atoms with van der Waals surface area (Å²) in [6.45, 7) is 4.86. The van der Waals surface area contributed by atoms with Crippen LogP contribution in [0.15, 0.2) is 48.1 Å². The Morgan fingerprint density at radius 3 is 2.64 bits per heavy atom. The Labute approximate surface area is 167 Å². The lowest BCUT2D eigenvalue weighted by molar-refractivity contribution is 0.261. The molecule has 0 saturated heterocycles.